The minimum absolute atomic E-state index is 0.0421. The summed E-state index contributed by atoms with van der Waals surface area (Å²) < 4.78 is 13.5. The number of thiocarbonyl (C=S) groups is 1. The Kier molecular flexibility index (Phi) is 7.29. The molecule has 2 heterocycles. The third-order valence-corrected chi connectivity index (χ3v) is 10.4. The predicted molar refractivity (Wildman–Crippen MR) is 122 cm³/mol. The molecule has 2 saturated heterocycles. The van der Waals surface area contributed by atoms with Crippen LogP contribution in [0.15, 0.2) is 35.1 Å². The van der Waals surface area contributed by atoms with E-state index in [0.29, 0.717) is 5.11 Å². The second-order valence-electron chi connectivity index (χ2n) is 8.48. The van der Waals surface area contributed by atoms with Crippen molar-refractivity contribution < 1.29 is 4.74 Å². The van der Waals surface area contributed by atoms with Crippen molar-refractivity contribution in [2.75, 3.05) is 59.5 Å². The molecule has 2 aliphatic heterocycles. The van der Waals surface area contributed by atoms with Crippen LogP contribution >= 0.6 is 19.4 Å². The lowest BCUT2D eigenvalue weighted by atomic mass is 10.3. The fourth-order valence-electron chi connectivity index (χ4n) is 3.93. The molecule has 8 heteroatoms. The molecule has 1 aromatic carbocycles. The smallest absolute Gasteiger partial charge is 0.207 e. The van der Waals surface area contributed by atoms with E-state index in [0.717, 1.165) is 52.5 Å². The molecule has 0 spiro atoms. The molecule has 0 bridgehead atoms. The summed E-state index contributed by atoms with van der Waals surface area (Å²) in [5.74, 6) is 0. The summed E-state index contributed by atoms with van der Waals surface area (Å²) in [6.07, 6.45) is 0. The van der Waals surface area contributed by atoms with Crippen LogP contribution in [0.3, 0.4) is 0 Å². The highest BCUT2D eigenvalue weighted by molar-refractivity contribution is 7.81. The van der Waals surface area contributed by atoms with Gasteiger partial charge < -0.3 is 9.64 Å². The largest absolute Gasteiger partial charge is 0.379 e. The first-order chi connectivity index (χ1) is 13.3. The van der Waals surface area contributed by atoms with Crippen molar-refractivity contribution in [3.8, 4) is 0 Å². The Bertz CT molecular complexity index is 707. The molecule has 3 rings (SSSR count). The van der Waals surface area contributed by atoms with Gasteiger partial charge in [-0.1, -0.05) is 51.1 Å². The number of nitrogens with zero attached hydrogens (tertiary/aromatic N) is 4. The van der Waals surface area contributed by atoms with Crippen LogP contribution in [-0.2, 0) is 4.74 Å². The van der Waals surface area contributed by atoms with Gasteiger partial charge in [-0.25, -0.2) is 9.75 Å². The Hall–Kier alpha value is -0.820. The molecule has 1 aromatic rings. The average Bonchev–Trinajstić information content (AvgIpc) is 2.68. The SMILES string of the molecule is CN1CCN(NC(=S)N=P(c2ccccc2)(N2CCOCC2)C(C)(C)C)CC1. The molecular weight excluding hydrogens is 389 g/mol. The van der Waals surface area contributed by atoms with E-state index in [1.54, 1.807) is 0 Å². The second-order valence-corrected chi connectivity index (χ2v) is 12.7. The van der Waals surface area contributed by atoms with Crippen molar-refractivity contribution >= 4 is 29.8 Å². The maximum Gasteiger partial charge on any atom is 0.207 e. The number of hydrogen-bond acceptors (Lipinski definition) is 4. The molecule has 2 aliphatic rings. The van der Waals surface area contributed by atoms with E-state index in [4.69, 9.17) is 21.7 Å². The van der Waals surface area contributed by atoms with Crippen molar-refractivity contribution in [3.05, 3.63) is 30.3 Å². The Balaban J connectivity index is 1.99. The number of ether oxygens (including phenoxy) is 1. The normalized spacial score (nSPS) is 22.4. The zero-order valence-corrected chi connectivity index (χ0v) is 19.3. The number of rotatable bonds is 3. The highest BCUT2D eigenvalue weighted by Crippen LogP contribution is 2.62. The quantitative estimate of drug-likeness (QED) is 0.596. The van der Waals surface area contributed by atoms with Gasteiger partial charge in [0.25, 0.3) is 0 Å². The first-order valence-electron chi connectivity index (χ1n) is 10.1. The molecule has 1 atom stereocenters. The third kappa shape index (κ3) is 4.84. The second kappa shape index (κ2) is 9.33. The monoisotopic (exact) mass is 423 g/mol. The standard InChI is InChI=1S/C20H34N5OPS/c1-20(2,3)27(18-8-6-5-7-9-18,25-14-16-26-17-15-25)22-19(28)21-24-12-10-23(4)11-13-24/h5-9H,10-17H2,1-4H3,(H,21,28). The van der Waals surface area contributed by atoms with Crippen LogP contribution in [0.5, 0.6) is 0 Å². The Morgan fingerprint density at radius 3 is 2.21 bits per heavy atom. The van der Waals surface area contributed by atoms with Crippen LogP contribution in [0, 0.1) is 0 Å². The number of hydrazine groups is 1. The fourth-order valence-corrected chi connectivity index (χ4v) is 8.55. The molecule has 0 radical (unpaired) electrons. The molecule has 0 aromatic heterocycles. The molecule has 0 saturated carbocycles. The maximum absolute atomic E-state index is 5.79. The van der Waals surface area contributed by atoms with Gasteiger partial charge in [0, 0.05) is 49.7 Å². The van der Waals surface area contributed by atoms with E-state index in [-0.39, 0.29) is 5.16 Å². The first kappa shape index (κ1) is 21.9. The van der Waals surface area contributed by atoms with Gasteiger partial charge in [0.1, 0.15) is 0 Å². The van der Waals surface area contributed by atoms with E-state index < -0.39 is 7.21 Å². The summed E-state index contributed by atoms with van der Waals surface area (Å²) in [5.41, 5.74) is 3.42. The molecule has 156 valence electrons. The van der Waals surface area contributed by atoms with Crippen LogP contribution < -0.4 is 10.7 Å². The van der Waals surface area contributed by atoms with Gasteiger partial charge in [-0.15, -0.1) is 0 Å². The van der Waals surface area contributed by atoms with Gasteiger partial charge in [-0.3, -0.25) is 10.1 Å². The van der Waals surface area contributed by atoms with Crippen molar-refractivity contribution in [2.24, 2.45) is 4.74 Å². The van der Waals surface area contributed by atoms with Crippen molar-refractivity contribution in [2.45, 2.75) is 25.9 Å². The molecule has 0 amide bonds. The lowest BCUT2D eigenvalue weighted by Crippen LogP contribution is -2.52. The third-order valence-electron chi connectivity index (χ3n) is 5.44. The van der Waals surface area contributed by atoms with Gasteiger partial charge in [0.05, 0.1) is 20.4 Å². The summed E-state index contributed by atoms with van der Waals surface area (Å²) in [5, 5.41) is 4.04. The van der Waals surface area contributed by atoms with Crippen molar-refractivity contribution in [3.63, 3.8) is 0 Å². The summed E-state index contributed by atoms with van der Waals surface area (Å²) in [6.45, 7) is 14.2. The Morgan fingerprint density at radius 2 is 1.64 bits per heavy atom. The molecular formula is C20H34N5OPS. The highest BCUT2D eigenvalue weighted by atomic mass is 32.1. The first-order valence-corrected chi connectivity index (χ1v) is 12.2. The zero-order chi connectivity index (χ0) is 20.2. The number of likely N-dealkylation sites (N-methyl/N-ethyl adjacent to an activating group) is 1. The maximum atomic E-state index is 5.79. The highest BCUT2D eigenvalue weighted by Gasteiger charge is 2.42. The fraction of sp³-hybridized carbons (Fsp3) is 0.650. The summed E-state index contributed by atoms with van der Waals surface area (Å²) in [7, 11) is 0.0506. The molecule has 2 fully saturated rings. The average molecular weight is 424 g/mol. The van der Waals surface area contributed by atoms with E-state index >= 15 is 0 Å². The number of piperazine rings is 1. The lowest BCUT2D eigenvalue weighted by molar-refractivity contribution is 0.0737. The summed E-state index contributed by atoms with van der Waals surface area (Å²) >= 11 is 5.79. The topological polar surface area (TPSA) is 43.3 Å². The van der Waals surface area contributed by atoms with Crippen molar-refractivity contribution in [1.82, 2.24) is 20.0 Å². The Morgan fingerprint density at radius 1 is 1.04 bits per heavy atom. The van der Waals surface area contributed by atoms with E-state index in [2.05, 4.69) is 78.2 Å². The van der Waals surface area contributed by atoms with Crippen LogP contribution in [0.25, 0.3) is 0 Å². The van der Waals surface area contributed by atoms with Gasteiger partial charge in [0.2, 0.25) is 5.11 Å². The van der Waals surface area contributed by atoms with Crippen LogP contribution in [0.1, 0.15) is 20.8 Å². The summed E-state index contributed by atoms with van der Waals surface area (Å²) in [6, 6.07) is 10.7. The zero-order valence-electron chi connectivity index (χ0n) is 17.6. The van der Waals surface area contributed by atoms with Crippen molar-refractivity contribution in [1.29, 1.82) is 0 Å². The van der Waals surface area contributed by atoms with Gasteiger partial charge in [0.15, 0.2) is 0 Å². The molecule has 28 heavy (non-hydrogen) atoms. The number of nitrogens with one attached hydrogen (secondary N) is 1. The van der Waals surface area contributed by atoms with Crippen LogP contribution in [-0.4, -0.2) is 84.4 Å². The number of morpholine rings is 1. The molecule has 0 aliphatic carbocycles. The van der Waals surface area contributed by atoms with E-state index in [9.17, 15) is 0 Å². The molecule has 1 unspecified atom stereocenters. The molecule has 6 nitrogen and oxygen atoms in total. The van der Waals surface area contributed by atoms with Crippen LogP contribution in [0.4, 0.5) is 0 Å². The summed E-state index contributed by atoms with van der Waals surface area (Å²) in [4.78, 5) is 2.34. The predicted octanol–water partition coefficient (Wildman–Crippen LogP) is 2.60. The lowest BCUT2D eigenvalue weighted by Gasteiger charge is -2.47. The minimum atomic E-state index is -2.11. The molecule has 1 N–H and O–H groups in total. The van der Waals surface area contributed by atoms with E-state index in [1.165, 1.54) is 5.30 Å². The van der Waals surface area contributed by atoms with Crippen LogP contribution in [0.2, 0.25) is 0 Å². The minimum Gasteiger partial charge on any atom is -0.379 e. The van der Waals surface area contributed by atoms with Gasteiger partial charge in [-0.05, 0) is 19.3 Å². The van der Waals surface area contributed by atoms with Gasteiger partial charge >= 0.3 is 0 Å². The Labute approximate surface area is 175 Å². The van der Waals surface area contributed by atoms with Gasteiger partial charge in [-0.2, -0.15) is 0 Å². The number of hydrogen-bond donors (Lipinski definition) is 1. The number of benzene rings is 1. The van der Waals surface area contributed by atoms with E-state index in [1.807, 2.05) is 0 Å².